The van der Waals surface area contributed by atoms with E-state index in [1.807, 2.05) is 13.8 Å². The number of ether oxygens (including phenoxy) is 2. The smallest absolute Gasteiger partial charge is 0.253 e. The molecular formula is C18H21N3O4. The standard InChI is InChI=1S/C18H21N3O4/c1-3-15(24-4-2)18(23)21-13-8-9-16(20-11-13)25-14-7-5-6-12(10-14)17(19)22/h5-11,15H,3-4H2,1-2H3,(H2,19,22)(H,21,23). The lowest BCUT2D eigenvalue weighted by Gasteiger charge is -2.14. The van der Waals surface area contributed by atoms with Crippen molar-refractivity contribution in [3.8, 4) is 11.6 Å². The van der Waals surface area contributed by atoms with Crippen LogP contribution in [0.2, 0.25) is 0 Å². The van der Waals surface area contributed by atoms with Gasteiger partial charge in [-0.15, -0.1) is 0 Å². The minimum absolute atomic E-state index is 0.214. The van der Waals surface area contributed by atoms with Crippen LogP contribution >= 0.6 is 0 Å². The number of carbonyl (C=O) groups is 2. The molecule has 0 fully saturated rings. The van der Waals surface area contributed by atoms with E-state index >= 15 is 0 Å². The summed E-state index contributed by atoms with van der Waals surface area (Å²) in [6.45, 7) is 4.20. The molecular weight excluding hydrogens is 322 g/mol. The molecule has 25 heavy (non-hydrogen) atoms. The average molecular weight is 343 g/mol. The van der Waals surface area contributed by atoms with Gasteiger partial charge in [0.1, 0.15) is 11.9 Å². The van der Waals surface area contributed by atoms with E-state index in [9.17, 15) is 9.59 Å². The van der Waals surface area contributed by atoms with Gasteiger partial charge in [0, 0.05) is 18.2 Å². The van der Waals surface area contributed by atoms with Gasteiger partial charge in [-0.3, -0.25) is 9.59 Å². The Morgan fingerprint density at radius 3 is 2.64 bits per heavy atom. The van der Waals surface area contributed by atoms with Gasteiger partial charge in [-0.2, -0.15) is 0 Å². The Balaban J connectivity index is 2.01. The van der Waals surface area contributed by atoms with Gasteiger partial charge in [0.05, 0.1) is 11.9 Å². The number of primary amides is 1. The molecule has 7 heteroatoms. The molecule has 132 valence electrons. The summed E-state index contributed by atoms with van der Waals surface area (Å²) in [5.41, 5.74) is 6.13. The first-order valence-electron chi connectivity index (χ1n) is 7.99. The lowest BCUT2D eigenvalue weighted by molar-refractivity contribution is -0.127. The first kappa shape index (κ1) is 18.4. The molecule has 0 saturated carbocycles. The summed E-state index contributed by atoms with van der Waals surface area (Å²) in [6.07, 6.45) is 1.59. The van der Waals surface area contributed by atoms with Crippen molar-refractivity contribution in [2.24, 2.45) is 5.73 Å². The number of aromatic nitrogens is 1. The molecule has 0 radical (unpaired) electrons. The second-order valence-corrected chi connectivity index (χ2v) is 5.22. The molecule has 1 unspecified atom stereocenters. The van der Waals surface area contributed by atoms with Gasteiger partial charge in [-0.1, -0.05) is 13.0 Å². The molecule has 2 aromatic rings. The molecule has 0 saturated heterocycles. The molecule has 1 heterocycles. The fraction of sp³-hybridized carbons (Fsp3) is 0.278. The lowest BCUT2D eigenvalue weighted by Crippen LogP contribution is -2.29. The Morgan fingerprint density at radius 2 is 2.04 bits per heavy atom. The van der Waals surface area contributed by atoms with Crippen molar-refractivity contribution in [2.45, 2.75) is 26.4 Å². The fourth-order valence-electron chi connectivity index (χ4n) is 2.15. The van der Waals surface area contributed by atoms with Crippen molar-refractivity contribution in [1.29, 1.82) is 0 Å². The number of rotatable bonds is 8. The molecule has 0 aliphatic heterocycles. The molecule has 0 aliphatic rings. The van der Waals surface area contributed by atoms with Crippen molar-refractivity contribution < 1.29 is 19.1 Å². The summed E-state index contributed by atoms with van der Waals surface area (Å²) in [7, 11) is 0. The highest BCUT2D eigenvalue weighted by Crippen LogP contribution is 2.21. The summed E-state index contributed by atoms with van der Waals surface area (Å²) in [4.78, 5) is 27.4. The Hall–Kier alpha value is -2.93. The monoisotopic (exact) mass is 343 g/mol. The number of carbonyl (C=O) groups excluding carboxylic acids is 2. The Labute approximate surface area is 146 Å². The number of nitrogens with one attached hydrogen (secondary N) is 1. The molecule has 0 aliphatic carbocycles. The number of hydrogen-bond donors (Lipinski definition) is 2. The second-order valence-electron chi connectivity index (χ2n) is 5.22. The van der Waals surface area contributed by atoms with E-state index < -0.39 is 12.0 Å². The molecule has 0 spiro atoms. The zero-order chi connectivity index (χ0) is 18.2. The molecule has 1 aromatic carbocycles. The van der Waals surface area contributed by atoms with Crippen LogP contribution in [0.3, 0.4) is 0 Å². The van der Waals surface area contributed by atoms with Crippen molar-refractivity contribution in [2.75, 3.05) is 11.9 Å². The highest BCUT2D eigenvalue weighted by atomic mass is 16.5. The largest absolute Gasteiger partial charge is 0.439 e. The van der Waals surface area contributed by atoms with E-state index in [2.05, 4.69) is 10.3 Å². The number of nitrogens with two attached hydrogens (primary N) is 1. The van der Waals surface area contributed by atoms with Crippen LogP contribution in [-0.4, -0.2) is 29.5 Å². The highest BCUT2D eigenvalue weighted by molar-refractivity contribution is 5.94. The van der Waals surface area contributed by atoms with Crippen LogP contribution in [-0.2, 0) is 9.53 Å². The maximum absolute atomic E-state index is 12.1. The fourth-order valence-corrected chi connectivity index (χ4v) is 2.15. The van der Waals surface area contributed by atoms with E-state index in [4.69, 9.17) is 15.2 Å². The molecule has 1 atom stereocenters. The number of nitrogens with zero attached hydrogens (tertiary/aromatic N) is 1. The third kappa shape index (κ3) is 5.29. The van der Waals surface area contributed by atoms with E-state index in [0.717, 1.165) is 0 Å². The maximum atomic E-state index is 12.1. The van der Waals surface area contributed by atoms with Gasteiger partial charge in [0.2, 0.25) is 11.8 Å². The first-order chi connectivity index (χ1) is 12.0. The van der Waals surface area contributed by atoms with Crippen LogP contribution in [0, 0.1) is 0 Å². The van der Waals surface area contributed by atoms with E-state index in [0.29, 0.717) is 35.9 Å². The predicted octanol–water partition coefficient (Wildman–Crippen LogP) is 2.73. The summed E-state index contributed by atoms with van der Waals surface area (Å²) < 4.78 is 10.9. The van der Waals surface area contributed by atoms with Gasteiger partial charge in [-0.25, -0.2) is 4.98 Å². The SMILES string of the molecule is CCOC(CC)C(=O)Nc1ccc(Oc2cccc(C(N)=O)c2)nc1. The Bertz CT molecular complexity index is 731. The van der Waals surface area contributed by atoms with Gasteiger partial charge in [-0.05, 0) is 37.6 Å². The van der Waals surface area contributed by atoms with Crippen LogP contribution in [0.1, 0.15) is 30.6 Å². The van der Waals surface area contributed by atoms with Crippen molar-refractivity contribution in [3.63, 3.8) is 0 Å². The zero-order valence-corrected chi connectivity index (χ0v) is 14.2. The van der Waals surface area contributed by atoms with Gasteiger partial charge in [0.15, 0.2) is 0 Å². The molecule has 0 bridgehead atoms. The number of amides is 2. The molecule has 2 rings (SSSR count). The van der Waals surface area contributed by atoms with E-state index in [1.165, 1.54) is 12.3 Å². The topological polar surface area (TPSA) is 104 Å². The van der Waals surface area contributed by atoms with Crippen molar-refractivity contribution in [3.05, 3.63) is 48.2 Å². The van der Waals surface area contributed by atoms with Gasteiger partial charge in [0.25, 0.3) is 5.91 Å². The second kappa shape index (κ2) is 8.79. The van der Waals surface area contributed by atoms with Crippen LogP contribution in [0.15, 0.2) is 42.6 Å². The third-order valence-corrected chi connectivity index (χ3v) is 3.38. The van der Waals surface area contributed by atoms with E-state index in [-0.39, 0.29) is 5.91 Å². The van der Waals surface area contributed by atoms with Crippen LogP contribution < -0.4 is 15.8 Å². The third-order valence-electron chi connectivity index (χ3n) is 3.38. The molecule has 1 aromatic heterocycles. The van der Waals surface area contributed by atoms with Crippen molar-refractivity contribution in [1.82, 2.24) is 4.98 Å². The van der Waals surface area contributed by atoms with Gasteiger partial charge >= 0.3 is 0 Å². The number of anilines is 1. The Kier molecular flexibility index (Phi) is 6.47. The molecule has 7 nitrogen and oxygen atoms in total. The first-order valence-corrected chi connectivity index (χ1v) is 7.99. The van der Waals surface area contributed by atoms with Gasteiger partial charge < -0.3 is 20.5 Å². The highest BCUT2D eigenvalue weighted by Gasteiger charge is 2.16. The molecule has 2 amide bonds. The quantitative estimate of drug-likeness (QED) is 0.767. The summed E-state index contributed by atoms with van der Waals surface area (Å²) in [5.74, 6) is 0.0321. The molecule has 3 N–H and O–H groups in total. The minimum atomic E-state index is -0.531. The lowest BCUT2D eigenvalue weighted by atomic mass is 10.2. The predicted molar refractivity (Wildman–Crippen MR) is 93.6 cm³/mol. The summed E-state index contributed by atoms with van der Waals surface area (Å²) in [5, 5.41) is 2.75. The summed E-state index contributed by atoms with van der Waals surface area (Å²) >= 11 is 0. The number of benzene rings is 1. The van der Waals surface area contributed by atoms with Crippen molar-refractivity contribution >= 4 is 17.5 Å². The van der Waals surface area contributed by atoms with Crippen LogP contribution in [0.5, 0.6) is 11.6 Å². The zero-order valence-electron chi connectivity index (χ0n) is 14.2. The van der Waals surface area contributed by atoms with E-state index in [1.54, 1.807) is 30.3 Å². The van der Waals surface area contributed by atoms with Crippen LogP contribution in [0.4, 0.5) is 5.69 Å². The minimum Gasteiger partial charge on any atom is -0.439 e. The Morgan fingerprint density at radius 1 is 1.24 bits per heavy atom. The average Bonchev–Trinajstić information content (AvgIpc) is 2.61. The number of hydrogen-bond acceptors (Lipinski definition) is 5. The summed E-state index contributed by atoms with van der Waals surface area (Å²) in [6, 6.07) is 9.79. The maximum Gasteiger partial charge on any atom is 0.253 e. The number of pyridine rings is 1. The normalized spacial score (nSPS) is 11.6. The van der Waals surface area contributed by atoms with Crippen LogP contribution in [0.25, 0.3) is 0 Å².